The number of carboxylic acids is 1. The molecule has 0 spiro atoms. The summed E-state index contributed by atoms with van der Waals surface area (Å²) in [6, 6.07) is -0.424. The maximum Gasteiger partial charge on any atom is 0.303 e. The van der Waals surface area contributed by atoms with E-state index in [9.17, 15) is 9.59 Å². The Hall–Kier alpha value is -1.14. The highest BCUT2D eigenvalue weighted by Crippen LogP contribution is 2.24. The average Bonchev–Trinajstić information content (AvgIpc) is 2.89. The van der Waals surface area contributed by atoms with Crippen LogP contribution >= 0.6 is 0 Å². The van der Waals surface area contributed by atoms with Crippen molar-refractivity contribution in [2.24, 2.45) is 5.73 Å². The molecule has 0 bridgehead atoms. The first-order valence-electron chi connectivity index (χ1n) is 7.34. The standard InChI is InChI=1S/C14H27N3O3/c1-16(2)9-10-17(11-5-3-4-6-11)14(20)12(15)7-8-13(18)19/h11-12H,3-10,15H2,1-2H3,(H,18,19). The fourth-order valence-corrected chi connectivity index (χ4v) is 2.61. The van der Waals surface area contributed by atoms with Crippen molar-refractivity contribution < 1.29 is 14.7 Å². The monoisotopic (exact) mass is 285 g/mol. The van der Waals surface area contributed by atoms with Gasteiger partial charge in [-0.15, -0.1) is 0 Å². The van der Waals surface area contributed by atoms with E-state index in [-0.39, 0.29) is 24.8 Å². The number of rotatable bonds is 8. The fourth-order valence-electron chi connectivity index (χ4n) is 2.61. The lowest BCUT2D eigenvalue weighted by Gasteiger charge is -2.32. The van der Waals surface area contributed by atoms with Crippen molar-refractivity contribution in [3.8, 4) is 0 Å². The summed E-state index contributed by atoms with van der Waals surface area (Å²) in [5.74, 6) is -1.01. The Morgan fingerprint density at radius 1 is 1.25 bits per heavy atom. The molecule has 0 heterocycles. The van der Waals surface area contributed by atoms with Crippen LogP contribution in [0.5, 0.6) is 0 Å². The summed E-state index contributed by atoms with van der Waals surface area (Å²) in [5, 5.41) is 8.68. The van der Waals surface area contributed by atoms with Crippen molar-refractivity contribution in [1.29, 1.82) is 0 Å². The van der Waals surface area contributed by atoms with Gasteiger partial charge in [-0.2, -0.15) is 0 Å². The minimum Gasteiger partial charge on any atom is -0.481 e. The van der Waals surface area contributed by atoms with E-state index >= 15 is 0 Å². The Kier molecular flexibility index (Phi) is 6.95. The third-order valence-corrected chi connectivity index (χ3v) is 3.82. The van der Waals surface area contributed by atoms with Crippen LogP contribution in [0.4, 0.5) is 0 Å². The molecule has 6 nitrogen and oxygen atoms in total. The van der Waals surface area contributed by atoms with Gasteiger partial charge in [0.1, 0.15) is 0 Å². The van der Waals surface area contributed by atoms with Crippen LogP contribution in [0.15, 0.2) is 0 Å². The minimum atomic E-state index is -0.908. The van der Waals surface area contributed by atoms with E-state index in [1.165, 1.54) is 0 Å². The van der Waals surface area contributed by atoms with Crippen LogP contribution < -0.4 is 5.73 Å². The molecular weight excluding hydrogens is 258 g/mol. The van der Waals surface area contributed by atoms with Gasteiger partial charge in [0, 0.05) is 25.6 Å². The summed E-state index contributed by atoms with van der Waals surface area (Å²) >= 11 is 0. The molecule has 20 heavy (non-hydrogen) atoms. The highest BCUT2D eigenvalue weighted by Gasteiger charge is 2.29. The molecule has 1 fully saturated rings. The van der Waals surface area contributed by atoms with Gasteiger partial charge in [-0.25, -0.2) is 0 Å². The number of carbonyl (C=O) groups excluding carboxylic acids is 1. The molecule has 3 N–H and O–H groups in total. The lowest BCUT2D eigenvalue weighted by Crippen LogP contribution is -2.50. The van der Waals surface area contributed by atoms with Crippen LogP contribution in [-0.2, 0) is 9.59 Å². The molecule has 0 aromatic rings. The van der Waals surface area contributed by atoms with Gasteiger partial charge in [0.05, 0.1) is 6.04 Å². The Morgan fingerprint density at radius 2 is 1.85 bits per heavy atom. The molecule has 0 radical (unpaired) electrons. The molecule has 1 aliphatic carbocycles. The second kappa shape index (κ2) is 8.21. The molecule has 1 aliphatic rings. The summed E-state index contributed by atoms with van der Waals surface area (Å²) < 4.78 is 0. The molecule has 1 unspecified atom stereocenters. The second-order valence-electron chi connectivity index (χ2n) is 5.81. The summed E-state index contributed by atoms with van der Waals surface area (Å²) in [7, 11) is 3.95. The summed E-state index contributed by atoms with van der Waals surface area (Å²) in [5.41, 5.74) is 5.87. The van der Waals surface area contributed by atoms with E-state index in [4.69, 9.17) is 10.8 Å². The van der Waals surface area contributed by atoms with Gasteiger partial charge in [0.15, 0.2) is 0 Å². The van der Waals surface area contributed by atoms with Crippen molar-refractivity contribution in [2.75, 3.05) is 27.2 Å². The summed E-state index contributed by atoms with van der Waals surface area (Å²) in [4.78, 5) is 26.9. The lowest BCUT2D eigenvalue weighted by atomic mass is 10.1. The van der Waals surface area contributed by atoms with Crippen LogP contribution in [0.2, 0.25) is 0 Å². The van der Waals surface area contributed by atoms with E-state index in [1.54, 1.807) is 0 Å². The average molecular weight is 285 g/mol. The van der Waals surface area contributed by atoms with Crippen molar-refractivity contribution in [3.05, 3.63) is 0 Å². The Labute approximate surface area is 120 Å². The smallest absolute Gasteiger partial charge is 0.303 e. The van der Waals surface area contributed by atoms with Crippen molar-refractivity contribution in [1.82, 2.24) is 9.80 Å². The van der Waals surface area contributed by atoms with Gasteiger partial charge in [-0.3, -0.25) is 9.59 Å². The molecule has 0 saturated heterocycles. The lowest BCUT2D eigenvalue weighted by molar-refractivity contribution is -0.138. The first-order chi connectivity index (χ1) is 9.41. The first kappa shape index (κ1) is 16.9. The molecule has 116 valence electrons. The molecule has 0 aromatic carbocycles. The Balaban J connectivity index is 2.59. The number of hydrogen-bond donors (Lipinski definition) is 2. The molecule has 1 amide bonds. The van der Waals surface area contributed by atoms with Gasteiger partial charge in [0.2, 0.25) is 5.91 Å². The molecule has 6 heteroatoms. The zero-order valence-electron chi connectivity index (χ0n) is 12.5. The van der Waals surface area contributed by atoms with Crippen molar-refractivity contribution in [3.63, 3.8) is 0 Å². The molecule has 1 atom stereocenters. The van der Waals surface area contributed by atoms with E-state index in [2.05, 4.69) is 0 Å². The number of likely N-dealkylation sites (N-methyl/N-ethyl adjacent to an activating group) is 1. The maximum atomic E-state index is 12.4. The maximum absolute atomic E-state index is 12.4. The number of carboxylic acid groups (broad SMARTS) is 1. The molecule has 1 rings (SSSR count). The highest BCUT2D eigenvalue weighted by atomic mass is 16.4. The Bertz CT molecular complexity index is 328. The first-order valence-corrected chi connectivity index (χ1v) is 7.34. The third kappa shape index (κ3) is 5.46. The fraction of sp³-hybridized carbons (Fsp3) is 0.857. The predicted octanol–water partition coefficient (Wildman–Crippen LogP) is 0.511. The largest absolute Gasteiger partial charge is 0.481 e. The number of hydrogen-bond acceptors (Lipinski definition) is 4. The number of aliphatic carboxylic acids is 1. The number of nitrogens with zero attached hydrogens (tertiary/aromatic N) is 2. The number of amides is 1. The molecule has 1 saturated carbocycles. The molecule has 0 aromatic heterocycles. The topological polar surface area (TPSA) is 86.9 Å². The minimum absolute atomic E-state index is 0.0565. The van der Waals surface area contributed by atoms with E-state index in [0.717, 1.165) is 32.2 Å². The number of nitrogens with two attached hydrogens (primary N) is 1. The molecule has 0 aliphatic heterocycles. The van der Waals surface area contributed by atoms with E-state index in [1.807, 2.05) is 23.9 Å². The Morgan fingerprint density at radius 3 is 2.35 bits per heavy atom. The zero-order chi connectivity index (χ0) is 15.1. The van der Waals surface area contributed by atoms with E-state index < -0.39 is 12.0 Å². The predicted molar refractivity (Wildman–Crippen MR) is 77.4 cm³/mol. The normalized spacial score (nSPS) is 17.4. The SMILES string of the molecule is CN(C)CCN(C(=O)C(N)CCC(=O)O)C1CCCC1. The van der Waals surface area contributed by atoms with Crippen molar-refractivity contribution >= 4 is 11.9 Å². The third-order valence-electron chi connectivity index (χ3n) is 3.82. The van der Waals surface area contributed by atoms with Gasteiger partial charge < -0.3 is 20.6 Å². The van der Waals surface area contributed by atoms with Crippen LogP contribution in [0.3, 0.4) is 0 Å². The van der Waals surface area contributed by atoms with Crippen LogP contribution in [0.25, 0.3) is 0 Å². The van der Waals surface area contributed by atoms with Gasteiger partial charge in [-0.1, -0.05) is 12.8 Å². The van der Waals surface area contributed by atoms with E-state index in [0.29, 0.717) is 6.54 Å². The van der Waals surface area contributed by atoms with Gasteiger partial charge >= 0.3 is 5.97 Å². The van der Waals surface area contributed by atoms with Crippen LogP contribution in [0.1, 0.15) is 38.5 Å². The second-order valence-corrected chi connectivity index (χ2v) is 5.81. The van der Waals surface area contributed by atoms with Crippen molar-refractivity contribution in [2.45, 2.75) is 50.6 Å². The quantitative estimate of drug-likeness (QED) is 0.678. The number of carbonyl (C=O) groups is 2. The summed E-state index contributed by atoms with van der Waals surface area (Å²) in [6.07, 6.45) is 4.52. The van der Waals surface area contributed by atoms with Crippen LogP contribution in [-0.4, -0.2) is 66.1 Å². The van der Waals surface area contributed by atoms with Gasteiger partial charge in [0.25, 0.3) is 0 Å². The molecular formula is C14H27N3O3. The van der Waals surface area contributed by atoms with Crippen LogP contribution in [0, 0.1) is 0 Å². The zero-order valence-corrected chi connectivity index (χ0v) is 12.5. The van der Waals surface area contributed by atoms with Gasteiger partial charge in [-0.05, 0) is 33.4 Å². The summed E-state index contributed by atoms with van der Waals surface area (Å²) in [6.45, 7) is 1.46. The highest BCUT2D eigenvalue weighted by molar-refractivity contribution is 5.82.